The Bertz CT molecular complexity index is 603. The molecule has 0 bridgehead atoms. The van der Waals surface area contributed by atoms with Crippen LogP contribution in [0.4, 0.5) is 4.79 Å². The first-order valence-corrected chi connectivity index (χ1v) is 9.18. The number of piperidine rings is 1. The van der Waals surface area contributed by atoms with Crippen LogP contribution in [0, 0.1) is 0 Å². The van der Waals surface area contributed by atoms with Crippen molar-refractivity contribution < 1.29 is 9.53 Å². The lowest BCUT2D eigenvalue weighted by Crippen LogP contribution is -2.48. The molecule has 1 amide bonds. The second-order valence-corrected chi connectivity index (χ2v) is 6.64. The monoisotopic (exact) mass is 514 g/mol. The number of rotatable bonds is 5. The average Bonchev–Trinajstić information content (AvgIpc) is 2.58. The third kappa shape index (κ3) is 7.00. The molecule has 1 aromatic rings. The number of carbonyl (C=O) groups excluding carboxylic acids is 1. The summed E-state index contributed by atoms with van der Waals surface area (Å²) in [6.07, 6.45) is 2.00. The third-order valence-electron chi connectivity index (χ3n) is 4.08. The van der Waals surface area contributed by atoms with Crippen LogP contribution in [-0.4, -0.2) is 49.2 Å². The minimum absolute atomic E-state index is 0. The van der Waals surface area contributed by atoms with E-state index in [-0.39, 0.29) is 36.1 Å². The predicted octanol–water partition coefficient (Wildman–Crippen LogP) is 3.68. The van der Waals surface area contributed by atoms with Crippen molar-refractivity contribution in [1.29, 1.82) is 0 Å². The number of aliphatic imine (C=N–C) groups is 1. The lowest BCUT2D eigenvalue weighted by atomic mass is 10.1. The number of nitrogens with two attached hydrogens (primary N) is 1. The van der Waals surface area contributed by atoms with E-state index in [4.69, 9.17) is 33.7 Å². The van der Waals surface area contributed by atoms with Gasteiger partial charge in [0.2, 0.25) is 0 Å². The second kappa shape index (κ2) is 11.7. The number of ether oxygens (including phenoxy) is 1. The maximum absolute atomic E-state index is 11.7. The minimum Gasteiger partial charge on any atom is -0.450 e. The fourth-order valence-electron chi connectivity index (χ4n) is 2.74. The van der Waals surface area contributed by atoms with Crippen LogP contribution >= 0.6 is 47.2 Å². The summed E-state index contributed by atoms with van der Waals surface area (Å²) in [6.45, 7) is 4.01. The number of guanidine groups is 1. The van der Waals surface area contributed by atoms with Gasteiger partial charge in [0.15, 0.2) is 5.96 Å². The number of nitrogens with one attached hydrogen (secondary N) is 1. The summed E-state index contributed by atoms with van der Waals surface area (Å²) in [7, 11) is 0. The zero-order chi connectivity index (χ0) is 18.2. The predicted molar refractivity (Wildman–Crippen MR) is 117 cm³/mol. The summed E-state index contributed by atoms with van der Waals surface area (Å²) in [6, 6.07) is 5.64. The van der Waals surface area contributed by atoms with E-state index in [1.54, 1.807) is 11.8 Å². The number of likely N-dealkylation sites (tertiary alicyclic amines) is 1. The summed E-state index contributed by atoms with van der Waals surface area (Å²) in [5, 5.41) is 4.49. The van der Waals surface area contributed by atoms with Gasteiger partial charge in [0, 0.05) is 35.7 Å². The van der Waals surface area contributed by atoms with Crippen molar-refractivity contribution in [3.63, 3.8) is 0 Å². The summed E-state index contributed by atoms with van der Waals surface area (Å²) in [4.78, 5) is 17.7. The van der Waals surface area contributed by atoms with Crippen LogP contribution in [0.25, 0.3) is 0 Å². The van der Waals surface area contributed by atoms with E-state index in [0.29, 0.717) is 48.7 Å². The van der Waals surface area contributed by atoms with E-state index < -0.39 is 0 Å². The van der Waals surface area contributed by atoms with E-state index in [1.807, 2.05) is 18.2 Å². The fourth-order valence-corrected chi connectivity index (χ4v) is 3.32. The van der Waals surface area contributed by atoms with Crippen LogP contribution in [0.5, 0.6) is 0 Å². The zero-order valence-electron chi connectivity index (χ0n) is 14.7. The van der Waals surface area contributed by atoms with Crippen molar-refractivity contribution in [3.8, 4) is 0 Å². The molecular weight excluding hydrogens is 490 g/mol. The molecule has 9 heteroatoms. The molecule has 146 valence electrons. The van der Waals surface area contributed by atoms with Crippen molar-refractivity contribution in [2.75, 3.05) is 26.2 Å². The van der Waals surface area contributed by atoms with E-state index in [1.165, 1.54) is 0 Å². The van der Waals surface area contributed by atoms with Gasteiger partial charge in [-0.3, -0.25) is 4.99 Å². The highest BCUT2D eigenvalue weighted by Gasteiger charge is 2.23. The van der Waals surface area contributed by atoms with Crippen LogP contribution in [0.1, 0.15) is 25.3 Å². The SMILES string of the molecule is CCOC(=O)N1CCC(NC(N)=NCCc2c(Cl)cccc2Cl)CC1.I. The van der Waals surface area contributed by atoms with Crippen LogP contribution in [0.15, 0.2) is 23.2 Å². The molecule has 26 heavy (non-hydrogen) atoms. The number of hydrogen-bond acceptors (Lipinski definition) is 3. The van der Waals surface area contributed by atoms with Crippen LogP contribution < -0.4 is 11.1 Å². The number of nitrogens with zero attached hydrogens (tertiary/aromatic N) is 2. The fraction of sp³-hybridized carbons (Fsp3) is 0.529. The normalized spacial score (nSPS) is 15.3. The molecule has 0 aromatic heterocycles. The highest BCUT2D eigenvalue weighted by Crippen LogP contribution is 2.24. The molecule has 3 N–H and O–H groups in total. The smallest absolute Gasteiger partial charge is 0.409 e. The quantitative estimate of drug-likeness (QED) is 0.357. The van der Waals surface area contributed by atoms with Crippen LogP contribution in [0.2, 0.25) is 10.0 Å². The number of amides is 1. The van der Waals surface area contributed by atoms with Crippen LogP contribution in [-0.2, 0) is 11.2 Å². The van der Waals surface area contributed by atoms with Gasteiger partial charge in [0.1, 0.15) is 0 Å². The van der Waals surface area contributed by atoms with Gasteiger partial charge in [0.25, 0.3) is 0 Å². The minimum atomic E-state index is -0.251. The molecule has 6 nitrogen and oxygen atoms in total. The molecule has 0 saturated carbocycles. The lowest BCUT2D eigenvalue weighted by molar-refractivity contribution is 0.0963. The Morgan fingerprint density at radius 2 is 1.96 bits per heavy atom. The van der Waals surface area contributed by atoms with E-state index >= 15 is 0 Å². The molecule has 0 radical (unpaired) electrons. The Hall–Kier alpha value is -0.930. The largest absolute Gasteiger partial charge is 0.450 e. The standard InChI is InChI=1S/C17H24Cl2N4O2.HI/c1-2-25-17(24)23-10-7-12(8-11-23)22-16(20)21-9-6-13-14(18)4-3-5-15(13)19;/h3-5,12H,2,6-11H2,1H3,(H3,20,21,22);1H. The molecule has 0 aliphatic carbocycles. The van der Waals surface area contributed by atoms with Crippen molar-refractivity contribution in [1.82, 2.24) is 10.2 Å². The Balaban J connectivity index is 0.00000338. The van der Waals surface area contributed by atoms with Gasteiger partial charge in [-0.05, 0) is 43.9 Å². The second-order valence-electron chi connectivity index (χ2n) is 5.82. The Labute approximate surface area is 181 Å². The maximum atomic E-state index is 11.7. The van der Waals surface area contributed by atoms with Gasteiger partial charge >= 0.3 is 6.09 Å². The molecule has 2 rings (SSSR count). The Kier molecular flexibility index (Phi) is 10.4. The molecule has 0 atom stereocenters. The molecule has 0 unspecified atom stereocenters. The van der Waals surface area contributed by atoms with Gasteiger partial charge in [-0.1, -0.05) is 29.3 Å². The number of benzene rings is 1. The maximum Gasteiger partial charge on any atom is 0.409 e. The van der Waals surface area contributed by atoms with Crippen molar-refractivity contribution in [2.24, 2.45) is 10.7 Å². The molecule has 1 fully saturated rings. The molecular formula is C17H25Cl2IN4O2. The van der Waals surface area contributed by atoms with Crippen molar-refractivity contribution in [2.45, 2.75) is 32.2 Å². The topological polar surface area (TPSA) is 80.0 Å². The van der Waals surface area contributed by atoms with Gasteiger partial charge in [0.05, 0.1) is 6.61 Å². The van der Waals surface area contributed by atoms with Crippen LogP contribution in [0.3, 0.4) is 0 Å². The zero-order valence-corrected chi connectivity index (χ0v) is 18.6. The van der Waals surface area contributed by atoms with Gasteiger partial charge in [-0.15, -0.1) is 24.0 Å². The summed E-state index contributed by atoms with van der Waals surface area (Å²) < 4.78 is 5.01. The molecule has 1 heterocycles. The first-order valence-electron chi connectivity index (χ1n) is 8.42. The Morgan fingerprint density at radius 3 is 2.54 bits per heavy atom. The summed E-state index contributed by atoms with van der Waals surface area (Å²) in [5.41, 5.74) is 6.83. The molecule has 0 spiro atoms. The summed E-state index contributed by atoms with van der Waals surface area (Å²) in [5.74, 6) is 0.401. The Morgan fingerprint density at radius 1 is 1.35 bits per heavy atom. The van der Waals surface area contributed by atoms with E-state index in [9.17, 15) is 4.79 Å². The van der Waals surface area contributed by atoms with Gasteiger partial charge in [-0.25, -0.2) is 4.79 Å². The summed E-state index contributed by atoms with van der Waals surface area (Å²) >= 11 is 12.3. The van der Waals surface area contributed by atoms with E-state index in [2.05, 4.69) is 10.3 Å². The van der Waals surface area contributed by atoms with Crippen molar-refractivity contribution in [3.05, 3.63) is 33.8 Å². The highest BCUT2D eigenvalue weighted by molar-refractivity contribution is 14.0. The van der Waals surface area contributed by atoms with E-state index in [0.717, 1.165) is 18.4 Å². The third-order valence-corrected chi connectivity index (χ3v) is 4.79. The molecule has 1 saturated heterocycles. The average molecular weight is 515 g/mol. The number of halogens is 3. The number of carbonyl (C=O) groups is 1. The number of hydrogen-bond donors (Lipinski definition) is 2. The molecule has 1 aromatic carbocycles. The van der Waals surface area contributed by atoms with Gasteiger partial charge in [-0.2, -0.15) is 0 Å². The molecule has 1 aliphatic rings. The first-order chi connectivity index (χ1) is 12.0. The van der Waals surface area contributed by atoms with Gasteiger partial charge < -0.3 is 20.7 Å². The molecule has 1 aliphatic heterocycles. The highest BCUT2D eigenvalue weighted by atomic mass is 127. The van der Waals surface area contributed by atoms with Crippen molar-refractivity contribution >= 4 is 59.2 Å². The lowest BCUT2D eigenvalue weighted by Gasteiger charge is -2.31. The first kappa shape index (κ1) is 23.1.